The van der Waals surface area contributed by atoms with E-state index in [4.69, 9.17) is 4.74 Å². The highest BCUT2D eigenvalue weighted by Crippen LogP contribution is 2.28. The van der Waals surface area contributed by atoms with Crippen LogP contribution in [0.4, 0.5) is 5.69 Å². The highest BCUT2D eigenvalue weighted by Gasteiger charge is 2.06. The van der Waals surface area contributed by atoms with Crippen molar-refractivity contribution < 1.29 is 4.74 Å². The molecule has 0 bridgehead atoms. The fourth-order valence-electron chi connectivity index (χ4n) is 1.96. The summed E-state index contributed by atoms with van der Waals surface area (Å²) in [6.45, 7) is 4.48. The van der Waals surface area contributed by atoms with Gasteiger partial charge in [-0.25, -0.2) is 0 Å². The predicted octanol–water partition coefficient (Wildman–Crippen LogP) is 5.23. The SMILES string of the molecule is CCCCCCC(C)Nc1cc(OC)ccc1Br. The normalized spacial score (nSPS) is 12.2. The second kappa shape index (κ2) is 8.41. The van der Waals surface area contributed by atoms with Gasteiger partial charge in [-0.05, 0) is 41.4 Å². The molecule has 102 valence electrons. The Morgan fingerprint density at radius 2 is 2.06 bits per heavy atom. The number of hydrogen-bond donors (Lipinski definition) is 1. The Kier molecular flexibility index (Phi) is 7.18. The Morgan fingerprint density at radius 1 is 1.28 bits per heavy atom. The van der Waals surface area contributed by atoms with E-state index >= 15 is 0 Å². The molecule has 1 atom stereocenters. The highest BCUT2D eigenvalue weighted by atomic mass is 79.9. The number of rotatable bonds is 8. The molecule has 18 heavy (non-hydrogen) atoms. The molecule has 3 heteroatoms. The third-order valence-electron chi connectivity index (χ3n) is 3.07. The summed E-state index contributed by atoms with van der Waals surface area (Å²) in [7, 11) is 1.70. The number of unbranched alkanes of at least 4 members (excludes halogenated alkanes) is 3. The first kappa shape index (κ1) is 15.4. The Labute approximate surface area is 119 Å². The molecule has 0 aliphatic heterocycles. The summed E-state index contributed by atoms with van der Waals surface area (Å²) in [4.78, 5) is 0. The van der Waals surface area contributed by atoms with Crippen LogP contribution in [-0.4, -0.2) is 13.2 Å². The number of ether oxygens (including phenoxy) is 1. The summed E-state index contributed by atoms with van der Waals surface area (Å²) in [5, 5.41) is 3.53. The molecule has 2 nitrogen and oxygen atoms in total. The first-order valence-corrected chi connectivity index (χ1v) is 7.56. The molecule has 1 aromatic rings. The minimum absolute atomic E-state index is 0.491. The molecule has 0 aliphatic rings. The van der Waals surface area contributed by atoms with Gasteiger partial charge in [-0.3, -0.25) is 0 Å². The zero-order chi connectivity index (χ0) is 13.4. The second-order valence-corrected chi connectivity index (χ2v) is 5.59. The number of hydrogen-bond acceptors (Lipinski definition) is 2. The Bertz CT molecular complexity index is 354. The lowest BCUT2D eigenvalue weighted by Gasteiger charge is -2.17. The van der Waals surface area contributed by atoms with Gasteiger partial charge in [0, 0.05) is 16.6 Å². The van der Waals surface area contributed by atoms with Gasteiger partial charge >= 0.3 is 0 Å². The summed E-state index contributed by atoms with van der Waals surface area (Å²) < 4.78 is 6.33. The van der Waals surface area contributed by atoms with E-state index in [9.17, 15) is 0 Å². The summed E-state index contributed by atoms with van der Waals surface area (Å²) in [6.07, 6.45) is 6.48. The minimum Gasteiger partial charge on any atom is -0.497 e. The van der Waals surface area contributed by atoms with Crippen molar-refractivity contribution in [2.45, 2.75) is 52.0 Å². The van der Waals surface area contributed by atoms with Gasteiger partial charge in [-0.2, -0.15) is 0 Å². The summed E-state index contributed by atoms with van der Waals surface area (Å²) >= 11 is 3.56. The van der Waals surface area contributed by atoms with Crippen molar-refractivity contribution in [1.29, 1.82) is 0 Å². The maximum Gasteiger partial charge on any atom is 0.121 e. The molecule has 0 aromatic heterocycles. The van der Waals surface area contributed by atoms with Crippen molar-refractivity contribution in [1.82, 2.24) is 0 Å². The Hall–Kier alpha value is -0.700. The first-order valence-electron chi connectivity index (χ1n) is 6.77. The van der Waals surface area contributed by atoms with Crippen molar-refractivity contribution in [2.24, 2.45) is 0 Å². The molecule has 1 unspecified atom stereocenters. The van der Waals surface area contributed by atoms with Gasteiger partial charge in [0.15, 0.2) is 0 Å². The average Bonchev–Trinajstić information content (AvgIpc) is 2.37. The van der Waals surface area contributed by atoms with Crippen LogP contribution in [0.3, 0.4) is 0 Å². The summed E-state index contributed by atoms with van der Waals surface area (Å²) in [5.41, 5.74) is 1.11. The quantitative estimate of drug-likeness (QED) is 0.664. The molecule has 0 aliphatic carbocycles. The zero-order valence-electron chi connectivity index (χ0n) is 11.6. The summed E-state index contributed by atoms with van der Waals surface area (Å²) in [5.74, 6) is 0.888. The molecular weight excluding hydrogens is 290 g/mol. The number of methoxy groups -OCH3 is 1. The molecule has 0 fully saturated rings. The zero-order valence-corrected chi connectivity index (χ0v) is 13.2. The number of nitrogens with one attached hydrogen (secondary N) is 1. The second-order valence-electron chi connectivity index (χ2n) is 4.74. The van der Waals surface area contributed by atoms with Crippen LogP contribution >= 0.6 is 15.9 Å². The van der Waals surface area contributed by atoms with Crippen LogP contribution in [0, 0.1) is 0 Å². The van der Waals surface area contributed by atoms with E-state index in [2.05, 4.69) is 35.1 Å². The van der Waals surface area contributed by atoms with Crippen LogP contribution in [0.1, 0.15) is 46.0 Å². The lowest BCUT2D eigenvalue weighted by Crippen LogP contribution is -2.15. The van der Waals surface area contributed by atoms with E-state index in [-0.39, 0.29) is 0 Å². The van der Waals surface area contributed by atoms with Crippen molar-refractivity contribution in [3.63, 3.8) is 0 Å². The van der Waals surface area contributed by atoms with Crippen LogP contribution in [0.2, 0.25) is 0 Å². The van der Waals surface area contributed by atoms with Gasteiger partial charge < -0.3 is 10.1 Å². The van der Waals surface area contributed by atoms with E-state index in [0.29, 0.717) is 6.04 Å². The van der Waals surface area contributed by atoms with Gasteiger partial charge in [0.25, 0.3) is 0 Å². The van der Waals surface area contributed by atoms with Gasteiger partial charge in [-0.15, -0.1) is 0 Å². The van der Waals surface area contributed by atoms with Crippen LogP contribution in [0.5, 0.6) is 5.75 Å². The maximum absolute atomic E-state index is 5.24. The predicted molar refractivity (Wildman–Crippen MR) is 82.5 cm³/mol. The smallest absolute Gasteiger partial charge is 0.121 e. The monoisotopic (exact) mass is 313 g/mol. The molecule has 0 saturated carbocycles. The van der Waals surface area contributed by atoms with Gasteiger partial charge in [-0.1, -0.05) is 32.6 Å². The number of benzene rings is 1. The number of anilines is 1. The van der Waals surface area contributed by atoms with Crippen molar-refractivity contribution >= 4 is 21.6 Å². The van der Waals surface area contributed by atoms with E-state index < -0.39 is 0 Å². The molecule has 0 spiro atoms. The van der Waals surface area contributed by atoms with Crippen LogP contribution in [-0.2, 0) is 0 Å². The summed E-state index contributed by atoms with van der Waals surface area (Å²) in [6, 6.07) is 6.50. The van der Waals surface area contributed by atoms with Gasteiger partial charge in [0.05, 0.1) is 12.8 Å². The first-order chi connectivity index (χ1) is 8.67. The fraction of sp³-hybridized carbons (Fsp3) is 0.600. The maximum atomic E-state index is 5.24. The van der Waals surface area contributed by atoms with Gasteiger partial charge in [0.2, 0.25) is 0 Å². The molecule has 0 saturated heterocycles. The average molecular weight is 314 g/mol. The van der Waals surface area contributed by atoms with Crippen LogP contribution in [0.25, 0.3) is 0 Å². The molecule has 0 amide bonds. The van der Waals surface area contributed by atoms with E-state index in [1.54, 1.807) is 7.11 Å². The molecule has 1 N–H and O–H groups in total. The molecule has 0 radical (unpaired) electrons. The lowest BCUT2D eigenvalue weighted by molar-refractivity contribution is 0.415. The van der Waals surface area contributed by atoms with Crippen molar-refractivity contribution in [2.75, 3.05) is 12.4 Å². The fourth-order valence-corrected chi connectivity index (χ4v) is 2.32. The molecular formula is C15H24BrNO. The number of halogens is 1. The van der Waals surface area contributed by atoms with Gasteiger partial charge in [0.1, 0.15) is 5.75 Å². The largest absolute Gasteiger partial charge is 0.497 e. The Balaban J connectivity index is 2.45. The standard InChI is InChI=1S/C15H24BrNO/c1-4-5-6-7-8-12(2)17-15-11-13(18-3)9-10-14(15)16/h9-12,17H,4-8H2,1-3H3. The Morgan fingerprint density at radius 3 is 2.72 bits per heavy atom. The van der Waals surface area contributed by atoms with E-state index in [0.717, 1.165) is 15.9 Å². The van der Waals surface area contributed by atoms with Crippen molar-refractivity contribution in [3.05, 3.63) is 22.7 Å². The third-order valence-corrected chi connectivity index (χ3v) is 3.76. The molecule has 1 rings (SSSR count). The van der Waals surface area contributed by atoms with Crippen LogP contribution in [0.15, 0.2) is 22.7 Å². The van der Waals surface area contributed by atoms with E-state index in [1.165, 1.54) is 32.1 Å². The van der Waals surface area contributed by atoms with Crippen molar-refractivity contribution in [3.8, 4) is 5.75 Å². The lowest BCUT2D eigenvalue weighted by atomic mass is 10.1. The van der Waals surface area contributed by atoms with Crippen LogP contribution < -0.4 is 10.1 Å². The third kappa shape index (κ3) is 5.30. The molecule has 0 heterocycles. The topological polar surface area (TPSA) is 21.3 Å². The highest BCUT2D eigenvalue weighted by molar-refractivity contribution is 9.10. The van der Waals surface area contributed by atoms with E-state index in [1.807, 2.05) is 18.2 Å². The molecule has 1 aromatic carbocycles. The minimum atomic E-state index is 0.491.